The second-order valence-electron chi connectivity index (χ2n) is 5.23. The lowest BCUT2D eigenvalue weighted by Crippen LogP contribution is -2.42. The van der Waals surface area contributed by atoms with E-state index in [9.17, 15) is 0 Å². The Balaban J connectivity index is 2.42. The Labute approximate surface area is 111 Å². The van der Waals surface area contributed by atoms with Crippen LogP contribution >= 0.6 is 0 Å². The van der Waals surface area contributed by atoms with Crippen LogP contribution in [0.5, 0.6) is 0 Å². The SMILES string of the molecule is CCC(CC)C(CNCc1cnc(C)[nH]1)N(C)C. The summed E-state index contributed by atoms with van der Waals surface area (Å²) in [6, 6.07) is 0.601. The molecule has 0 amide bonds. The Morgan fingerprint density at radius 1 is 1.33 bits per heavy atom. The molecule has 0 aromatic carbocycles. The second-order valence-corrected chi connectivity index (χ2v) is 5.23. The summed E-state index contributed by atoms with van der Waals surface area (Å²) in [6.45, 7) is 8.44. The van der Waals surface area contributed by atoms with E-state index in [4.69, 9.17) is 0 Å². The van der Waals surface area contributed by atoms with Crippen molar-refractivity contribution in [3.8, 4) is 0 Å². The van der Waals surface area contributed by atoms with Crippen LogP contribution in [-0.2, 0) is 6.54 Å². The molecule has 0 aliphatic heterocycles. The predicted octanol–water partition coefficient (Wildman–Crippen LogP) is 2.17. The second kappa shape index (κ2) is 7.54. The molecule has 0 saturated heterocycles. The molecule has 0 saturated carbocycles. The van der Waals surface area contributed by atoms with Crippen LogP contribution < -0.4 is 5.32 Å². The molecule has 0 bridgehead atoms. The average Bonchev–Trinajstić information content (AvgIpc) is 2.74. The minimum Gasteiger partial charge on any atom is -0.345 e. The van der Waals surface area contributed by atoms with Crippen LogP contribution in [-0.4, -0.2) is 41.5 Å². The van der Waals surface area contributed by atoms with Gasteiger partial charge in [0.25, 0.3) is 0 Å². The quantitative estimate of drug-likeness (QED) is 0.745. The van der Waals surface area contributed by atoms with Gasteiger partial charge in [-0.1, -0.05) is 26.7 Å². The number of aryl methyl sites for hydroxylation is 1. The van der Waals surface area contributed by atoms with E-state index in [2.05, 4.69) is 48.1 Å². The molecule has 4 heteroatoms. The number of hydrogen-bond donors (Lipinski definition) is 2. The van der Waals surface area contributed by atoms with Crippen LogP contribution in [0.15, 0.2) is 6.20 Å². The highest BCUT2D eigenvalue weighted by Crippen LogP contribution is 2.16. The summed E-state index contributed by atoms with van der Waals surface area (Å²) in [5, 5.41) is 3.53. The first-order valence-electron chi connectivity index (χ1n) is 6.96. The van der Waals surface area contributed by atoms with Gasteiger partial charge in [0, 0.05) is 31.0 Å². The monoisotopic (exact) mass is 252 g/mol. The van der Waals surface area contributed by atoms with Crippen molar-refractivity contribution in [3.63, 3.8) is 0 Å². The molecule has 1 rings (SSSR count). The van der Waals surface area contributed by atoms with Crippen LogP contribution in [0.1, 0.15) is 38.2 Å². The molecule has 18 heavy (non-hydrogen) atoms. The Morgan fingerprint density at radius 3 is 2.44 bits per heavy atom. The summed E-state index contributed by atoms with van der Waals surface area (Å²) in [5.74, 6) is 1.74. The highest BCUT2D eigenvalue weighted by molar-refractivity contribution is 4.99. The third-order valence-electron chi connectivity index (χ3n) is 3.68. The Hall–Kier alpha value is -0.870. The Kier molecular flexibility index (Phi) is 6.36. The maximum absolute atomic E-state index is 4.21. The minimum atomic E-state index is 0.601. The number of H-pyrrole nitrogens is 1. The van der Waals surface area contributed by atoms with Gasteiger partial charge >= 0.3 is 0 Å². The number of hydrogen-bond acceptors (Lipinski definition) is 3. The molecule has 1 aromatic rings. The lowest BCUT2D eigenvalue weighted by atomic mass is 9.93. The van der Waals surface area contributed by atoms with E-state index in [0.717, 1.165) is 30.5 Å². The van der Waals surface area contributed by atoms with E-state index < -0.39 is 0 Å². The normalized spacial score (nSPS) is 13.5. The first kappa shape index (κ1) is 15.2. The smallest absolute Gasteiger partial charge is 0.103 e. The zero-order valence-corrected chi connectivity index (χ0v) is 12.5. The first-order valence-corrected chi connectivity index (χ1v) is 6.96. The van der Waals surface area contributed by atoms with Gasteiger partial charge in [0.15, 0.2) is 0 Å². The van der Waals surface area contributed by atoms with Crippen molar-refractivity contribution in [2.24, 2.45) is 5.92 Å². The van der Waals surface area contributed by atoms with E-state index in [1.807, 2.05) is 13.1 Å². The largest absolute Gasteiger partial charge is 0.345 e. The van der Waals surface area contributed by atoms with Crippen molar-refractivity contribution in [3.05, 3.63) is 17.7 Å². The van der Waals surface area contributed by atoms with Crippen molar-refractivity contribution in [1.82, 2.24) is 20.2 Å². The van der Waals surface area contributed by atoms with E-state index in [1.54, 1.807) is 0 Å². The molecule has 0 aliphatic carbocycles. The Morgan fingerprint density at radius 2 is 2.00 bits per heavy atom. The maximum Gasteiger partial charge on any atom is 0.103 e. The van der Waals surface area contributed by atoms with Gasteiger partial charge in [0.2, 0.25) is 0 Å². The van der Waals surface area contributed by atoms with Crippen molar-refractivity contribution < 1.29 is 0 Å². The molecular formula is C14H28N4. The third kappa shape index (κ3) is 4.42. The fourth-order valence-electron chi connectivity index (χ4n) is 2.52. The Bertz CT molecular complexity index is 328. The van der Waals surface area contributed by atoms with E-state index >= 15 is 0 Å². The number of nitrogens with one attached hydrogen (secondary N) is 2. The molecule has 1 atom stereocenters. The average molecular weight is 252 g/mol. The molecule has 4 nitrogen and oxygen atoms in total. The number of nitrogens with zero attached hydrogens (tertiary/aromatic N) is 2. The number of imidazole rings is 1. The van der Waals surface area contributed by atoms with Crippen molar-refractivity contribution in [1.29, 1.82) is 0 Å². The minimum absolute atomic E-state index is 0.601. The number of rotatable bonds is 8. The first-order chi connectivity index (χ1) is 8.58. The highest BCUT2D eigenvalue weighted by atomic mass is 15.1. The van der Waals surface area contributed by atoms with Crippen molar-refractivity contribution in [2.75, 3.05) is 20.6 Å². The van der Waals surface area contributed by atoms with Crippen molar-refractivity contribution in [2.45, 2.75) is 46.2 Å². The fraction of sp³-hybridized carbons (Fsp3) is 0.786. The number of likely N-dealkylation sites (N-methyl/N-ethyl adjacent to an activating group) is 1. The molecule has 0 fully saturated rings. The topological polar surface area (TPSA) is 44.0 Å². The van der Waals surface area contributed by atoms with E-state index in [1.165, 1.54) is 12.8 Å². The molecule has 104 valence electrons. The van der Waals surface area contributed by atoms with Gasteiger partial charge in [-0.05, 0) is 26.9 Å². The predicted molar refractivity (Wildman–Crippen MR) is 76.6 cm³/mol. The van der Waals surface area contributed by atoms with Crippen LogP contribution in [0.4, 0.5) is 0 Å². The van der Waals surface area contributed by atoms with Gasteiger partial charge in [-0.2, -0.15) is 0 Å². The molecule has 0 radical (unpaired) electrons. The van der Waals surface area contributed by atoms with Crippen LogP contribution in [0.25, 0.3) is 0 Å². The zero-order chi connectivity index (χ0) is 13.5. The van der Waals surface area contributed by atoms with Crippen molar-refractivity contribution >= 4 is 0 Å². The molecular weight excluding hydrogens is 224 g/mol. The van der Waals surface area contributed by atoms with Crippen LogP contribution in [0, 0.1) is 12.8 Å². The summed E-state index contributed by atoms with van der Waals surface area (Å²) < 4.78 is 0. The molecule has 1 aromatic heterocycles. The maximum atomic E-state index is 4.21. The molecule has 2 N–H and O–H groups in total. The molecule has 1 heterocycles. The van der Waals surface area contributed by atoms with Gasteiger partial charge < -0.3 is 15.2 Å². The van der Waals surface area contributed by atoms with Gasteiger partial charge in [-0.3, -0.25) is 0 Å². The van der Waals surface area contributed by atoms with Gasteiger partial charge in [0.1, 0.15) is 5.82 Å². The molecule has 1 unspecified atom stereocenters. The van der Waals surface area contributed by atoms with Crippen LogP contribution in [0.2, 0.25) is 0 Å². The standard InChI is InChI=1S/C14H28N4/c1-6-12(7-2)14(18(4)5)10-15-8-13-9-16-11(3)17-13/h9,12,14-15H,6-8,10H2,1-5H3,(H,16,17). The lowest BCUT2D eigenvalue weighted by molar-refractivity contribution is 0.194. The third-order valence-corrected chi connectivity index (χ3v) is 3.68. The molecule has 0 aliphatic rings. The van der Waals surface area contributed by atoms with E-state index in [0.29, 0.717) is 6.04 Å². The lowest BCUT2D eigenvalue weighted by Gasteiger charge is -2.31. The van der Waals surface area contributed by atoms with Crippen LogP contribution in [0.3, 0.4) is 0 Å². The van der Waals surface area contributed by atoms with Gasteiger partial charge in [-0.15, -0.1) is 0 Å². The highest BCUT2D eigenvalue weighted by Gasteiger charge is 2.19. The summed E-state index contributed by atoms with van der Waals surface area (Å²) in [6.07, 6.45) is 4.39. The fourth-order valence-corrected chi connectivity index (χ4v) is 2.52. The molecule has 0 spiro atoms. The number of aromatic nitrogens is 2. The summed E-state index contributed by atoms with van der Waals surface area (Å²) >= 11 is 0. The summed E-state index contributed by atoms with van der Waals surface area (Å²) in [5.41, 5.74) is 1.16. The summed E-state index contributed by atoms with van der Waals surface area (Å²) in [7, 11) is 4.34. The zero-order valence-electron chi connectivity index (χ0n) is 12.5. The van der Waals surface area contributed by atoms with Gasteiger partial charge in [0.05, 0.1) is 0 Å². The van der Waals surface area contributed by atoms with E-state index in [-0.39, 0.29) is 0 Å². The summed E-state index contributed by atoms with van der Waals surface area (Å²) in [4.78, 5) is 9.80. The van der Waals surface area contributed by atoms with Gasteiger partial charge in [-0.25, -0.2) is 4.98 Å². The number of aromatic amines is 1.